The zero-order valence-corrected chi connectivity index (χ0v) is 13.4. The van der Waals surface area contributed by atoms with Crippen LogP contribution in [0.4, 0.5) is 5.69 Å². The molecular formula is C12H8Cl3N3O2S. The molecule has 0 saturated carbocycles. The molecule has 1 aromatic heterocycles. The zero-order chi connectivity index (χ0) is 15.4. The number of nitrogens with zero attached hydrogens (tertiary/aromatic N) is 1. The summed E-state index contributed by atoms with van der Waals surface area (Å²) in [6.45, 7) is 0. The van der Waals surface area contributed by atoms with E-state index in [0.717, 1.165) is 11.8 Å². The highest BCUT2D eigenvalue weighted by atomic mass is 35.5. The fraction of sp³-hybridized carbons (Fsp3) is 0.0833. The van der Waals surface area contributed by atoms with Crippen LogP contribution in [0.5, 0.6) is 0 Å². The molecule has 5 nitrogen and oxygen atoms in total. The van der Waals surface area contributed by atoms with Gasteiger partial charge < -0.3 is 10.3 Å². The fourth-order valence-electron chi connectivity index (χ4n) is 1.36. The minimum absolute atomic E-state index is 0.0591. The number of carbonyl (C=O) groups is 1. The fourth-order valence-corrected chi connectivity index (χ4v) is 2.61. The number of amides is 1. The molecule has 0 fully saturated rings. The monoisotopic (exact) mass is 363 g/mol. The van der Waals surface area contributed by atoms with Gasteiger partial charge in [-0.25, -0.2) is 4.98 Å². The maximum atomic E-state index is 11.8. The smallest absolute Gasteiger partial charge is 0.251 e. The number of benzene rings is 1. The summed E-state index contributed by atoms with van der Waals surface area (Å²) in [7, 11) is 0. The number of nitrogens with one attached hydrogen (secondary N) is 2. The van der Waals surface area contributed by atoms with Gasteiger partial charge in [-0.15, -0.1) is 0 Å². The molecule has 0 unspecified atom stereocenters. The second kappa shape index (κ2) is 7.17. The third-order valence-electron chi connectivity index (χ3n) is 2.27. The van der Waals surface area contributed by atoms with Gasteiger partial charge in [0, 0.05) is 12.3 Å². The van der Waals surface area contributed by atoms with Crippen molar-refractivity contribution in [1.29, 1.82) is 0 Å². The first-order valence-corrected chi connectivity index (χ1v) is 7.70. The normalized spacial score (nSPS) is 10.4. The molecule has 0 aliphatic heterocycles. The van der Waals surface area contributed by atoms with Gasteiger partial charge in [0.1, 0.15) is 0 Å². The van der Waals surface area contributed by atoms with Gasteiger partial charge in [-0.3, -0.25) is 9.59 Å². The highest BCUT2D eigenvalue weighted by Crippen LogP contribution is 2.32. The Kier molecular flexibility index (Phi) is 5.52. The summed E-state index contributed by atoms with van der Waals surface area (Å²) in [6, 6.07) is 4.21. The molecule has 0 aliphatic rings. The van der Waals surface area contributed by atoms with Crippen LogP contribution in [-0.4, -0.2) is 21.6 Å². The summed E-state index contributed by atoms with van der Waals surface area (Å²) in [4.78, 5) is 29.3. The highest BCUT2D eigenvalue weighted by Gasteiger charge is 2.10. The van der Waals surface area contributed by atoms with E-state index in [-0.39, 0.29) is 27.3 Å². The maximum Gasteiger partial charge on any atom is 0.251 e. The van der Waals surface area contributed by atoms with Crippen LogP contribution < -0.4 is 10.9 Å². The summed E-state index contributed by atoms with van der Waals surface area (Å²) in [6.07, 6.45) is 1.37. The van der Waals surface area contributed by atoms with E-state index in [2.05, 4.69) is 15.3 Å². The lowest BCUT2D eigenvalue weighted by Crippen LogP contribution is -2.15. The van der Waals surface area contributed by atoms with Crippen LogP contribution in [-0.2, 0) is 4.79 Å². The number of aromatic amines is 1. The summed E-state index contributed by atoms with van der Waals surface area (Å²) in [5.74, 6) is -0.254. The third-order valence-corrected chi connectivity index (χ3v) is 4.19. The average molecular weight is 365 g/mol. The summed E-state index contributed by atoms with van der Waals surface area (Å²) in [5.41, 5.74) is 0.0895. The first kappa shape index (κ1) is 16.2. The van der Waals surface area contributed by atoms with Crippen LogP contribution >= 0.6 is 46.6 Å². The molecule has 0 bridgehead atoms. The molecule has 9 heteroatoms. The van der Waals surface area contributed by atoms with E-state index >= 15 is 0 Å². The van der Waals surface area contributed by atoms with E-state index in [1.165, 1.54) is 24.4 Å². The van der Waals surface area contributed by atoms with Crippen LogP contribution in [0.2, 0.25) is 15.1 Å². The van der Waals surface area contributed by atoms with E-state index < -0.39 is 0 Å². The number of carbonyl (C=O) groups excluding carboxylic acids is 1. The van der Waals surface area contributed by atoms with Crippen molar-refractivity contribution < 1.29 is 4.79 Å². The Morgan fingerprint density at radius 2 is 1.95 bits per heavy atom. The van der Waals surface area contributed by atoms with Crippen LogP contribution in [0.1, 0.15) is 0 Å². The molecule has 2 aromatic rings. The first-order valence-electron chi connectivity index (χ1n) is 5.58. The summed E-state index contributed by atoms with van der Waals surface area (Å²) < 4.78 is 0. The molecule has 2 N–H and O–H groups in total. The molecule has 1 heterocycles. The van der Waals surface area contributed by atoms with Gasteiger partial charge in [-0.2, -0.15) is 0 Å². The minimum atomic E-state index is -0.313. The molecule has 0 spiro atoms. The van der Waals surface area contributed by atoms with Gasteiger partial charge in [-0.05, 0) is 12.1 Å². The van der Waals surface area contributed by atoms with Crippen LogP contribution in [0.3, 0.4) is 0 Å². The lowest BCUT2D eigenvalue weighted by atomic mass is 10.3. The number of aromatic nitrogens is 2. The van der Waals surface area contributed by atoms with Crippen LogP contribution in [0, 0.1) is 0 Å². The number of rotatable bonds is 4. The molecule has 1 amide bonds. The number of hydrogen-bond donors (Lipinski definition) is 2. The number of thioether (sulfide) groups is 1. The van der Waals surface area contributed by atoms with Gasteiger partial charge in [0.25, 0.3) is 5.56 Å². The molecular weight excluding hydrogens is 357 g/mol. The summed E-state index contributed by atoms with van der Waals surface area (Å²) >= 11 is 18.7. The van der Waals surface area contributed by atoms with Crippen molar-refractivity contribution in [3.63, 3.8) is 0 Å². The van der Waals surface area contributed by atoms with Gasteiger partial charge in [-0.1, -0.05) is 46.6 Å². The number of hydrogen-bond acceptors (Lipinski definition) is 4. The van der Waals surface area contributed by atoms with Crippen LogP contribution in [0.15, 0.2) is 34.3 Å². The Bertz CT molecular complexity index is 736. The molecule has 2 rings (SSSR count). The predicted molar refractivity (Wildman–Crippen MR) is 85.7 cm³/mol. The zero-order valence-electron chi connectivity index (χ0n) is 10.3. The Balaban J connectivity index is 1.99. The lowest BCUT2D eigenvalue weighted by Gasteiger charge is -2.08. The molecule has 0 saturated heterocycles. The Morgan fingerprint density at radius 1 is 1.24 bits per heavy atom. The average Bonchev–Trinajstić information content (AvgIpc) is 2.43. The lowest BCUT2D eigenvalue weighted by molar-refractivity contribution is -0.113. The van der Waals surface area contributed by atoms with Gasteiger partial charge in [0.05, 0.1) is 26.5 Å². The van der Waals surface area contributed by atoms with E-state index in [0.29, 0.717) is 15.9 Å². The SMILES string of the molecule is O=C(CSc1nccc(=O)[nH]1)Nc1cc(Cl)c(Cl)cc1Cl. The van der Waals surface area contributed by atoms with E-state index in [1.807, 2.05) is 0 Å². The van der Waals surface area contributed by atoms with Gasteiger partial charge in [0.2, 0.25) is 5.91 Å². The van der Waals surface area contributed by atoms with Crippen molar-refractivity contribution in [2.24, 2.45) is 0 Å². The summed E-state index contributed by atoms with van der Waals surface area (Å²) in [5, 5.41) is 3.85. The predicted octanol–water partition coefficient (Wildman–Crippen LogP) is 3.46. The van der Waals surface area contributed by atoms with Crippen LogP contribution in [0.25, 0.3) is 0 Å². The largest absolute Gasteiger partial charge is 0.324 e. The van der Waals surface area contributed by atoms with E-state index in [9.17, 15) is 9.59 Å². The molecule has 0 radical (unpaired) electrons. The number of H-pyrrole nitrogens is 1. The van der Waals surface area contributed by atoms with E-state index in [1.54, 1.807) is 0 Å². The third kappa shape index (κ3) is 4.64. The quantitative estimate of drug-likeness (QED) is 0.495. The molecule has 1 aromatic carbocycles. The molecule has 0 aliphatic carbocycles. The van der Waals surface area contributed by atoms with Crippen molar-refractivity contribution in [2.75, 3.05) is 11.1 Å². The molecule has 21 heavy (non-hydrogen) atoms. The topological polar surface area (TPSA) is 74.8 Å². The first-order chi connectivity index (χ1) is 9.95. The van der Waals surface area contributed by atoms with Crippen molar-refractivity contribution in [1.82, 2.24) is 9.97 Å². The number of halogens is 3. The Labute approximate surface area is 139 Å². The van der Waals surface area contributed by atoms with Crippen molar-refractivity contribution in [3.05, 3.63) is 49.8 Å². The Morgan fingerprint density at radius 3 is 2.67 bits per heavy atom. The van der Waals surface area contributed by atoms with Gasteiger partial charge >= 0.3 is 0 Å². The standard InChI is InChI=1S/C12H8Cl3N3O2S/c13-6-3-8(15)9(4-7(6)14)17-11(20)5-21-12-16-2-1-10(19)18-12/h1-4H,5H2,(H,17,20)(H,16,18,19). The number of anilines is 1. The second-order valence-corrected chi connectivity index (χ2v) is 6.01. The van der Waals surface area contributed by atoms with Crippen molar-refractivity contribution >= 4 is 58.2 Å². The Hall–Kier alpha value is -1.21. The van der Waals surface area contributed by atoms with E-state index in [4.69, 9.17) is 34.8 Å². The van der Waals surface area contributed by atoms with Gasteiger partial charge in [0.15, 0.2) is 5.16 Å². The van der Waals surface area contributed by atoms with Crippen molar-refractivity contribution in [3.8, 4) is 0 Å². The van der Waals surface area contributed by atoms with Crippen molar-refractivity contribution in [2.45, 2.75) is 5.16 Å². The molecule has 110 valence electrons. The second-order valence-electron chi connectivity index (χ2n) is 3.82. The minimum Gasteiger partial charge on any atom is -0.324 e. The maximum absolute atomic E-state index is 11.8. The highest BCUT2D eigenvalue weighted by molar-refractivity contribution is 7.99. The molecule has 0 atom stereocenters.